The number of halogens is 1. The van der Waals surface area contributed by atoms with Gasteiger partial charge in [0.25, 0.3) is 0 Å². The molecule has 12 heavy (non-hydrogen) atoms. The highest BCUT2D eigenvalue weighted by atomic mass is 127. The summed E-state index contributed by atoms with van der Waals surface area (Å²) in [6.07, 6.45) is 1.15. The molecule has 0 spiro atoms. The highest BCUT2D eigenvalue weighted by molar-refractivity contribution is 14.1. The van der Waals surface area contributed by atoms with Crippen LogP contribution >= 0.6 is 22.6 Å². The van der Waals surface area contributed by atoms with E-state index >= 15 is 0 Å². The number of hydrogen-bond acceptors (Lipinski definition) is 0. The van der Waals surface area contributed by atoms with Crippen molar-refractivity contribution in [2.45, 2.75) is 34.1 Å². The number of rotatable bonds is 1. The van der Waals surface area contributed by atoms with Crippen LogP contribution in [-0.2, 0) is 6.42 Å². The molecule has 1 aromatic rings. The first kappa shape index (κ1) is 10.0. The molecule has 0 bridgehead atoms. The van der Waals surface area contributed by atoms with Gasteiger partial charge in [-0.25, -0.2) is 0 Å². The lowest BCUT2D eigenvalue weighted by Gasteiger charge is -2.11. The van der Waals surface area contributed by atoms with Crippen molar-refractivity contribution in [3.8, 4) is 0 Å². The molecule has 0 aliphatic rings. The van der Waals surface area contributed by atoms with E-state index in [2.05, 4.69) is 56.4 Å². The lowest BCUT2D eigenvalue weighted by atomic mass is 9.99. The summed E-state index contributed by atoms with van der Waals surface area (Å²) < 4.78 is 1.44. The van der Waals surface area contributed by atoms with Crippen molar-refractivity contribution >= 4 is 22.6 Å². The zero-order chi connectivity index (χ0) is 9.30. The predicted octanol–water partition coefficient (Wildman–Crippen LogP) is 3.78. The first-order chi connectivity index (χ1) is 5.57. The van der Waals surface area contributed by atoms with E-state index in [1.807, 2.05) is 0 Å². The minimum Gasteiger partial charge on any atom is -0.0612 e. The van der Waals surface area contributed by atoms with Gasteiger partial charge < -0.3 is 0 Å². The molecule has 0 saturated heterocycles. The molecule has 0 aliphatic carbocycles. The van der Waals surface area contributed by atoms with Crippen LogP contribution in [0, 0.1) is 24.3 Å². The normalized spacial score (nSPS) is 10.4. The van der Waals surface area contributed by atoms with Crippen LogP contribution in [0.3, 0.4) is 0 Å². The summed E-state index contributed by atoms with van der Waals surface area (Å²) in [4.78, 5) is 0. The summed E-state index contributed by atoms with van der Waals surface area (Å²) >= 11 is 2.45. The van der Waals surface area contributed by atoms with E-state index < -0.39 is 0 Å². The molecule has 0 aliphatic heterocycles. The van der Waals surface area contributed by atoms with E-state index in [1.165, 1.54) is 25.8 Å². The summed E-state index contributed by atoms with van der Waals surface area (Å²) in [5.74, 6) is 0. The van der Waals surface area contributed by atoms with Gasteiger partial charge in [-0.2, -0.15) is 0 Å². The van der Waals surface area contributed by atoms with Crippen molar-refractivity contribution in [3.05, 3.63) is 31.9 Å². The number of benzene rings is 1. The molecule has 1 aromatic carbocycles. The van der Waals surface area contributed by atoms with Gasteiger partial charge in [-0.05, 0) is 72.0 Å². The van der Waals surface area contributed by atoms with Crippen LogP contribution in [-0.4, -0.2) is 0 Å². The predicted molar refractivity (Wildman–Crippen MR) is 62.7 cm³/mol. The van der Waals surface area contributed by atoms with E-state index in [1.54, 1.807) is 0 Å². The standard InChI is InChI=1S/C11H15I/c1-5-10-9(4)7(2)6-8(3)11(10)12/h6H,5H2,1-4H3. The summed E-state index contributed by atoms with van der Waals surface area (Å²) in [6.45, 7) is 8.82. The molecule has 1 heteroatoms. The van der Waals surface area contributed by atoms with Crippen LogP contribution in [0.1, 0.15) is 29.2 Å². The first-order valence-corrected chi connectivity index (χ1v) is 5.41. The van der Waals surface area contributed by atoms with Crippen molar-refractivity contribution in [2.75, 3.05) is 0 Å². The molecule has 66 valence electrons. The molecule has 0 aromatic heterocycles. The molecule has 0 heterocycles. The molecule has 0 nitrogen and oxygen atoms in total. The molecule has 0 saturated carbocycles. The van der Waals surface area contributed by atoms with Crippen molar-refractivity contribution in [1.82, 2.24) is 0 Å². The van der Waals surface area contributed by atoms with Crippen LogP contribution in [0.15, 0.2) is 6.07 Å². The molecular weight excluding hydrogens is 259 g/mol. The van der Waals surface area contributed by atoms with Gasteiger partial charge in [0, 0.05) is 3.57 Å². The minimum absolute atomic E-state index is 1.15. The van der Waals surface area contributed by atoms with Crippen LogP contribution < -0.4 is 0 Å². The molecule has 0 radical (unpaired) electrons. The molecule has 0 fully saturated rings. The lowest BCUT2D eigenvalue weighted by molar-refractivity contribution is 1.07. The summed E-state index contributed by atoms with van der Waals surface area (Å²) in [5, 5.41) is 0. The van der Waals surface area contributed by atoms with Gasteiger partial charge in [0.15, 0.2) is 0 Å². The quantitative estimate of drug-likeness (QED) is 0.684. The van der Waals surface area contributed by atoms with Crippen molar-refractivity contribution in [2.24, 2.45) is 0 Å². The van der Waals surface area contributed by atoms with Gasteiger partial charge in [-0.15, -0.1) is 0 Å². The van der Waals surface area contributed by atoms with E-state index in [0.29, 0.717) is 0 Å². The number of aryl methyl sites for hydroxylation is 2. The van der Waals surface area contributed by atoms with Gasteiger partial charge in [0.05, 0.1) is 0 Å². The van der Waals surface area contributed by atoms with Crippen molar-refractivity contribution in [1.29, 1.82) is 0 Å². The minimum atomic E-state index is 1.15. The topological polar surface area (TPSA) is 0 Å². The Morgan fingerprint density at radius 3 is 2.25 bits per heavy atom. The maximum Gasteiger partial charge on any atom is 0.0194 e. The fourth-order valence-electron chi connectivity index (χ4n) is 1.56. The average Bonchev–Trinajstić information content (AvgIpc) is 2.02. The molecule has 0 N–H and O–H groups in total. The average molecular weight is 274 g/mol. The van der Waals surface area contributed by atoms with E-state index in [0.717, 1.165) is 6.42 Å². The van der Waals surface area contributed by atoms with E-state index in [9.17, 15) is 0 Å². The lowest BCUT2D eigenvalue weighted by Crippen LogP contribution is -1.97. The Bertz CT molecular complexity index is 274. The second-order valence-electron chi connectivity index (χ2n) is 3.28. The molecule has 0 atom stereocenters. The monoisotopic (exact) mass is 274 g/mol. The molecule has 0 unspecified atom stereocenters. The number of hydrogen-bond donors (Lipinski definition) is 0. The van der Waals surface area contributed by atoms with E-state index in [-0.39, 0.29) is 0 Å². The van der Waals surface area contributed by atoms with E-state index in [4.69, 9.17) is 0 Å². The maximum absolute atomic E-state index is 2.45. The molecule has 0 amide bonds. The molecular formula is C11H15I. The van der Waals surface area contributed by atoms with Gasteiger partial charge in [-0.3, -0.25) is 0 Å². The third kappa shape index (κ3) is 1.65. The molecule has 1 rings (SSSR count). The Labute approximate surface area is 88.5 Å². The third-order valence-corrected chi connectivity index (χ3v) is 3.94. The van der Waals surface area contributed by atoms with Crippen molar-refractivity contribution in [3.63, 3.8) is 0 Å². The van der Waals surface area contributed by atoms with Gasteiger partial charge >= 0.3 is 0 Å². The Balaban J connectivity index is 3.42. The Morgan fingerprint density at radius 2 is 1.75 bits per heavy atom. The second-order valence-corrected chi connectivity index (χ2v) is 4.36. The Kier molecular flexibility index (Phi) is 3.16. The van der Waals surface area contributed by atoms with Crippen molar-refractivity contribution < 1.29 is 0 Å². The largest absolute Gasteiger partial charge is 0.0612 e. The van der Waals surface area contributed by atoms with Crippen LogP contribution in [0.5, 0.6) is 0 Å². The fourth-order valence-corrected chi connectivity index (χ4v) is 2.50. The SMILES string of the molecule is CCc1c(C)c(C)cc(C)c1I. The highest BCUT2D eigenvalue weighted by Crippen LogP contribution is 2.23. The maximum atomic E-state index is 2.45. The van der Waals surface area contributed by atoms with Gasteiger partial charge in [0.2, 0.25) is 0 Å². The zero-order valence-electron chi connectivity index (χ0n) is 8.16. The van der Waals surface area contributed by atoms with Gasteiger partial charge in [0.1, 0.15) is 0 Å². The summed E-state index contributed by atoms with van der Waals surface area (Å²) in [6, 6.07) is 2.27. The summed E-state index contributed by atoms with van der Waals surface area (Å²) in [7, 11) is 0. The van der Waals surface area contributed by atoms with Crippen LogP contribution in [0.2, 0.25) is 0 Å². The summed E-state index contributed by atoms with van der Waals surface area (Å²) in [5.41, 5.74) is 5.82. The Hall–Kier alpha value is -0.0500. The Morgan fingerprint density at radius 1 is 1.17 bits per heavy atom. The second kappa shape index (κ2) is 3.77. The zero-order valence-corrected chi connectivity index (χ0v) is 10.3. The third-order valence-electron chi connectivity index (χ3n) is 2.44. The smallest absolute Gasteiger partial charge is 0.0194 e. The highest BCUT2D eigenvalue weighted by Gasteiger charge is 2.06. The first-order valence-electron chi connectivity index (χ1n) is 4.33. The van der Waals surface area contributed by atoms with Crippen LogP contribution in [0.4, 0.5) is 0 Å². The fraction of sp³-hybridized carbons (Fsp3) is 0.455. The van der Waals surface area contributed by atoms with Gasteiger partial charge in [-0.1, -0.05) is 13.0 Å². The van der Waals surface area contributed by atoms with Crippen LogP contribution in [0.25, 0.3) is 0 Å².